The Hall–Kier alpha value is -0.0400. The molecule has 0 aromatic carbocycles. The number of nitrogens with one attached hydrogen (secondary N) is 2. The molecule has 0 saturated carbocycles. The van der Waals surface area contributed by atoms with E-state index in [1.807, 2.05) is 7.05 Å². The second kappa shape index (κ2) is 9.94. The van der Waals surface area contributed by atoms with E-state index in [2.05, 4.69) is 55.4 Å². The maximum atomic E-state index is 4.20. The van der Waals surface area contributed by atoms with Gasteiger partial charge in [-0.25, -0.2) is 0 Å². The molecule has 0 amide bonds. The predicted octanol–water partition coefficient (Wildman–Crippen LogP) is 1.91. The van der Waals surface area contributed by atoms with E-state index < -0.39 is 0 Å². The van der Waals surface area contributed by atoms with Gasteiger partial charge in [-0.1, -0.05) is 13.3 Å². The molecule has 0 spiro atoms. The maximum absolute atomic E-state index is 4.20. The summed E-state index contributed by atoms with van der Waals surface area (Å²) in [6, 6.07) is 0. The van der Waals surface area contributed by atoms with Crippen LogP contribution in [0.2, 0.25) is 0 Å². The van der Waals surface area contributed by atoms with E-state index in [-0.39, 0.29) is 29.5 Å². The number of aliphatic imine (C=N–C) groups is 1. The van der Waals surface area contributed by atoms with Crippen LogP contribution in [-0.4, -0.2) is 50.6 Å². The van der Waals surface area contributed by atoms with Crippen molar-refractivity contribution in [3.8, 4) is 0 Å². The van der Waals surface area contributed by atoms with Gasteiger partial charge in [0.1, 0.15) is 0 Å². The topological polar surface area (TPSA) is 39.7 Å². The van der Waals surface area contributed by atoms with E-state index in [1.165, 1.54) is 12.8 Å². The number of hydrogen-bond donors (Lipinski definition) is 2. The first-order chi connectivity index (χ1) is 7.44. The van der Waals surface area contributed by atoms with Crippen molar-refractivity contribution in [1.29, 1.82) is 0 Å². The highest BCUT2D eigenvalue weighted by molar-refractivity contribution is 14.0. The molecule has 0 unspecified atom stereocenters. The van der Waals surface area contributed by atoms with Gasteiger partial charge >= 0.3 is 0 Å². The zero-order valence-corrected chi connectivity index (χ0v) is 14.5. The van der Waals surface area contributed by atoms with Crippen LogP contribution >= 0.6 is 24.0 Å². The van der Waals surface area contributed by atoms with E-state index in [9.17, 15) is 0 Å². The van der Waals surface area contributed by atoms with Crippen molar-refractivity contribution in [1.82, 2.24) is 15.5 Å². The minimum atomic E-state index is 0. The second-order valence-electron chi connectivity index (χ2n) is 4.91. The van der Waals surface area contributed by atoms with Crippen LogP contribution in [0, 0.1) is 0 Å². The summed E-state index contributed by atoms with van der Waals surface area (Å²) in [4.78, 5) is 6.41. The van der Waals surface area contributed by atoms with Gasteiger partial charge in [0.2, 0.25) is 0 Å². The smallest absolute Gasteiger partial charge is 0.191 e. The van der Waals surface area contributed by atoms with Crippen LogP contribution in [0.4, 0.5) is 0 Å². The first-order valence-corrected chi connectivity index (χ1v) is 6.06. The molecule has 0 radical (unpaired) electrons. The number of guanidine groups is 1. The van der Waals surface area contributed by atoms with Crippen LogP contribution in [0.15, 0.2) is 4.99 Å². The van der Waals surface area contributed by atoms with Crippen LogP contribution in [0.1, 0.15) is 33.6 Å². The fourth-order valence-corrected chi connectivity index (χ4v) is 1.06. The fourth-order valence-electron chi connectivity index (χ4n) is 1.06. The predicted molar refractivity (Wildman–Crippen MR) is 87.5 cm³/mol. The quantitative estimate of drug-likeness (QED) is 0.331. The number of nitrogens with zero attached hydrogens (tertiary/aromatic N) is 2. The first kappa shape index (κ1) is 19.3. The molecule has 104 valence electrons. The molecule has 0 rings (SSSR count). The lowest BCUT2D eigenvalue weighted by molar-refractivity contribution is 0.197. The Morgan fingerprint density at radius 1 is 1.24 bits per heavy atom. The van der Waals surface area contributed by atoms with Crippen LogP contribution in [-0.2, 0) is 0 Å². The molecule has 0 fully saturated rings. The molecule has 17 heavy (non-hydrogen) atoms. The summed E-state index contributed by atoms with van der Waals surface area (Å²) < 4.78 is 0. The van der Waals surface area contributed by atoms with Crippen LogP contribution in [0.5, 0.6) is 0 Å². The van der Waals surface area contributed by atoms with E-state index in [1.54, 1.807) is 0 Å². The van der Waals surface area contributed by atoms with Gasteiger partial charge in [0.05, 0.1) is 0 Å². The third kappa shape index (κ3) is 8.65. The summed E-state index contributed by atoms with van der Waals surface area (Å²) in [7, 11) is 5.99. The Morgan fingerprint density at radius 2 is 1.82 bits per heavy atom. The third-order valence-corrected chi connectivity index (χ3v) is 2.95. The monoisotopic (exact) mass is 356 g/mol. The largest absolute Gasteiger partial charge is 0.356 e. The van der Waals surface area contributed by atoms with Crippen molar-refractivity contribution in [3.05, 3.63) is 0 Å². The average Bonchev–Trinajstić information content (AvgIpc) is 2.23. The highest BCUT2D eigenvalue weighted by Gasteiger charge is 2.20. The molecule has 0 heterocycles. The Bertz CT molecular complexity index is 215. The van der Waals surface area contributed by atoms with Gasteiger partial charge in [0, 0.05) is 25.7 Å². The highest BCUT2D eigenvalue weighted by Crippen LogP contribution is 2.07. The van der Waals surface area contributed by atoms with Crippen LogP contribution < -0.4 is 10.6 Å². The Balaban J connectivity index is 0. The molecular formula is C12H29IN4. The van der Waals surface area contributed by atoms with Gasteiger partial charge in [-0.2, -0.15) is 0 Å². The number of unbranched alkanes of at least 4 members (excludes halogenated alkanes) is 1. The van der Waals surface area contributed by atoms with Crippen molar-refractivity contribution in [2.24, 2.45) is 4.99 Å². The summed E-state index contributed by atoms with van der Waals surface area (Å²) in [5.41, 5.74) is 0.127. The zero-order chi connectivity index (χ0) is 12.6. The summed E-state index contributed by atoms with van der Waals surface area (Å²) in [6.45, 7) is 8.47. The van der Waals surface area contributed by atoms with Crippen LogP contribution in [0.25, 0.3) is 0 Å². The molecule has 0 aliphatic rings. The van der Waals surface area contributed by atoms with Crippen molar-refractivity contribution in [2.45, 2.75) is 39.2 Å². The zero-order valence-electron chi connectivity index (χ0n) is 12.1. The fraction of sp³-hybridized carbons (Fsp3) is 0.917. The summed E-state index contributed by atoms with van der Waals surface area (Å²) in [5, 5.41) is 6.65. The molecule has 5 heteroatoms. The second-order valence-corrected chi connectivity index (χ2v) is 4.91. The molecule has 0 aromatic rings. The average molecular weight is 356 g/mol. The maximum Gasteiger partial charge on any atom is 0.191 e. The van der Waals surface area contributed by atoms with Gasteiger partial charge in [-0.3, -0.25) is 4.99 Å². The number of rotatable bonds is 6. The lowest BCUT2D eigenvalue weighted by Crippen LogP contribution is -2.50. The molecule has 0 aliphatic heterocycles. The highest BCUT2D eigenvalue weighted by atomic mass is 127. The van der Waals surface area contributed by atoms with Gasteiger partial charge in [-0.05, 0) is 34.4 Å². The first-order valence-electron chi connectivity index (χ1n) is 6.06. The Labute approximate surface area is 124 Å². The lowest BCUT2D eigenvalue weighted by atomic mass is 10.0. The molecule has 2 N–H and O–H groups in total. The van der Waals surface area contributed by atoms with E-state index in [0.29, 0.717) is 0 Å². The standard InChI is InChI=1S/C12H28N4.HI/c1-7-8-9-14-11(13-4)15-10-12(2,3)16(5)6;/h7-10H2,1-6H3,(H2,13,14,15);1H. The molecule has 0 atom stereocenters. The Kier molecular flexibility index (Phi) is 11.3. The molecule has 0 bridgehead atoms. The third-order valence-electron chi connectivity index (χ3n) is 2.95. The van der Waals surface area contributed by atoms with E-state index in [4.69, 9.17) is 0 Å². The van der Waals surface area contributed by atoms with Crippen molar-refractivity contribution < 1.29 is 0 Å². The number of likely N-dealkylation sites (N-methyl/N-ethyl adjacent to an activating group) is 1. The van der Waals surface area contributed by atoms with Gasteiger partial charge in [-0.15, -0.1) is 24.0 Å². The number of hydrogen-bond acceptors (Lipinski definition) is 2. The molecule has 4 nitrogen and oxygen atoms in total. The molecule has 0 saturated heterocycles. The summed E-state index contributed by atoms with van der Waals surface area (Å²) >= 11 is 0. The van der Waals surface area contributed by atoms with Crippen molar-refractivity contribution in [3.63, 3.8) is 0 Å². The lowest BCUT2D eigenvalue weighted by Gasteiger charge is -2.33. The van der Waals surface area contributed by atoms with Crippen molar-refractivity contribution in [2.75, 3.05) is 34.2 Å². The van der Waals surface area contributed by atoms with E-state index >= 15 is 0 Å². The molecule has 0 aliphatic carbocycles. The normalized spacial score (nSPS) is 12.3. The minimum Gasteiger partial charge on any atom is -0.356 e. The Morgan fingerprint density at radius 3 is 2.24 bits per heavy atom. The van der Waals surface area contributed by atoms with Gasteiger partial charge < -0.3 is 15.5 Å². The van der Waals surface area contributed by atoms with Crippen LogP contribution in [0.3, 0.4) is 0 Å². The molecule has 0 aromatic heterocycles. The molecular weight excluding hydrogens is 327 g/mol. The number of halogens is 1. The van der Waals surface area contributed by atoms with Crippen molar-refractivity contribution >= 4 is 29.9 Å². The summed E-state index contributed by atoms with van der Waals surface area (Å²) in [5.74, 6) is 0.892. The SMILES string of the molecule is CCCCNC(=NC)NCC(C)(C)N(C)C.I. The van der Waals surface area contributed by atoms with E-state index in [0.717, 1.165) is 19.0 Å². The summed E-state index contributed by atoms with van der Waals surface area (Å²) in [6.07, 6.45) is 2.38. The van der Waals surface area contributed by atoms with Gasteiger partial charge in [0.15, 0.2) is 5.96 Å². The van der Waals surface area contributed by atoms with Gasteiger partial charge in [0.25, 0.3) is 0 Å². The minimum absolute atomic E-state index is 0.